The van der Waals surface area contributed by atoms with E-state index in [9.17, 15) is 0 Å². The Balaban J connectivity index is 1.33. The van der Waals surface area contributed by atoms with E-state index in [0.29, 0.717) is 6.04 Å². The molecule has 3 nitrogen and oxygen atoms in total. The molecule has 1 saturated heterocycles. The van der Waals surface area contributed by atoms with Gasteiger partial charge >= 0.3 is 0 Å². The summed E-state index contributed by atoms with van der Waals surface area (Å²) in [4.78, 5) is 2.46. The van der Waals surface area contributed by atoms with E-state index in [0.717, 1.165) is 36.3 Å². The molecule has 2 N–H and O–H groups in total. The van der Waals surface area contributed by atoms with E-state index in [4.69, 9.17) is 0 Å². The Morgan fingerprint density at radius 2 is 1.74 bits per heavy atom. The molecule has 5 aliphatic rings. The summed E-state index contributed by atoms with van der Waals surface area (Å²) in [5, 5.41) is 7.63. The maximum absolute atomic E-state index is 3.97. The molecule has 0 aromatic carbocycles. The van der Waals surface area contributed by atoms with Gasteiger partial charge in [0, 0.05) is 38.3 Å². The average molecular weight is 263 g/mol. The van der Waals surface area contributed by atoms with Gasteiger partial charge in [0.05, 0.1) is 0 Å². The molecule has 0 amide bonds. The van der Waals surface area contributed by atoms with Crippen LogP contribution in [0.25, 0.3) is 0 Å². The van der Waals surface area contributed by atoms with Crippen LogP contribution in [0.2, 0.25) is 0 Å². The molecule has 0 aromatic rings. The van der Waals surface area contributed by atoms with Gasteiger partial charge in [0.2, 0.25) is 0 Å². The molecule has 4 bridgehead atoms. The second-order valence-electron chi connectivity index (χ2n) is 7.78. The molecule has 108 valence electrons. The standard InChI is InChI=1S/C16H29N3/c1-19-3-2-17-15(10-19)9-18-16-13-5-11-4-12(7-13)8-14(16)6-11/h11-18H,2-10H2,1H3. The molecule has 1 unspecified atom stereocenters. The van der Waals surface area contributed by atoms with Crippen LogP contribution in [0.5, 0.6) is 0 Å². The molecule has 5 fully saturated rings. The van der Waals surface area contributed by atoms with Crippen LogP contribution in [-0.2, 0) is 0 Å². The third kappa shape index (κ3) is 2.45. The highest BCUT2D eigenvalue weighted by molar-refractivity contribution is 5.01. The summed E-state index contributed by atoms with van der Waals surface area (Å²) in [6.45, 7) is 4.75. The molecule has 1 heterocycles. The van der Waals surface area contributed by atoms with Gasteiger partial charge in [-0.05, 0) is 62.8 Å². The van der Waals surface area contributed by atoms with Gasteiger partial charge in [0.1, 0.15) is 0 Å². The van der Waals surface area contributed by atoms with Gasteiger partial charge in [-0.25, -0.2) is 0 Å². The van der Waals surface area contributed by atoms with Gasteiger partial charge in [-0.3, -0.25) is 0 Å². The van der Waals surface area contributed by atoms with Gasteiger partial charge in [0.15, 0.2) is 0 Å². The first-order chi connectivity index (χ1) is 9.28. The summed E-state index contributed by atoms with van der Waals surface area (Å²) >= 11 is 0. The first-order valence-electron chi connectivity index (χ1n) is 8.43. The van der Waals surface area contributed by atoms with E-state index in [2.05, 4.69) is 22.6 Å². The van der Waals surface area contributed by atoms with E-state index in [-0.39, 0.29) is 0 Å². The minimum Gasteiger partial charge on any atom is -0.312 e. The Kier molecular flexibility index (Phi) is 3.33. The molecule has 0 radical (unpaired) electrons. The minimum absolute atomic E-state index is 0.663. The van der Waals surface area contributed by atoms with Crippen LogP contribution in [0.15, 0.2) is 0 Å². The SMILES string of the molecule is CN1CCNC(CNC2C3CC4CC(C3)CC2C4)C1. The number of hydrogen-bond acceptors (Lipinski definition) is 3. The van der Waals surface area contributed by atoms with Gasteiger partial charge in [-0.1, -0.05) is 0 Å². The van der Waals surface area contributed by atoms with Gasteiger partial charge in [-0.2, -0.15) is 0 Å². The molecule has 3 heteroatoms. The number of likely N-dealkylation sites (N-methyl/N-ethyl adjacent to an activating group) is 1. The average Bonchev–Trinajstić information content (AvgIpc) is 2.37. The summed E-state index contributed by atoms with van der Waals surface area (Å²) < 4.78 is 0. The van der Waals surface area contributed by atoms with Crippen molar-refractivity contribution < 1.29 is 0 Å². The molecule has 4 aliphatic carbocycles. The van der Waals surface area contributed by atoms with Crippen molar-refractivity contribution in [2.45, 2.75) is 44.2 Å². The molecule has 4 saturated carbocycles. The monoisotopic (exact) mass is 263 g/mol. The van der Waals surface area contributed by atoms with E-state index >= 15 is 0 Å². The summed E-state index contributed by atoms with van der Waals surface area (Å²) in [5.74, 6) is 4.22. The maximum atomic E-state index is 3.97. The molecule has 0 aromatic heterocycles. The fraction of sp³-hybridized carbons (Fsp3) is 1.00. The van der Waals surface area contributed by atoms with Crippen molar-refractivity contribution in [3.8, 4) is 0 Å². The lowest BCUT2D eigenvalue weighted by Crippen LogP contribution is -2.59. The second kappa shape index (κ2) is 5.01. The Labute approximate surface area is 117 Å². The first kappa shape index (κ1) is 12.6. The van der Waals surface area contributed by atoms with E-state index in [1.54, 1.807) is 6.42 Å². The number of rotatable bonds is 3. The highest BCUT2D eigenvalue weighted by Crippen LogP contribution is 2.53. The van der Waals surface area contributed by atoms with E-state index in [1.165, 1.54) is 45.3 Å². The Morgan fingerprint density at radius 3 is 2.37 bits per heavy atom. The molecule has 0 spiro atoms. The van der Waals surface area contributed by atoms with E-state index in [1.807, 2.05) is 0 Å². The van der Waals surface area contributed by atoms with Crippen molar-refractivity contribution in [2.75, 3.05) is 33.2 Å². The Morgan fingerprint density at radius 1 is 1.05 bits per heavy atom. The normalized spacial score (nSPS) is 49.7. The summed E-state index contributed by atoms with van der Waals surface area (Å²) in [5.41, 5.74) is 0. The molecule has 5 rings (SSSR count). The lowest BCUT2D eigenvalue weighted by atomic mass is 9.54. The minimum atomic E-state index is 0.663. The quantitative estimate of drug-likeness (QED) is 0.804. The Bertz CT molecular complexity index is 302. The molecular weight excluding hydrogens is 234 g/mol. The largest absolute Gasteiger partial charge is 0.312 e. The molecule has 1 atom stereocenters. The van der Waals surface area contributed by atoms with Crippen molar-refractivity contribution in [3.05, 3.63) is 0 Å². The zero-order valence-electron chi connectivity index (χ0n) is 12.3. The number of hydrogen-bond donors (Lipinski definition) is 2. The van der Waals surface area contributed by atoms with Crippen molar-refractivity contribution in [1.29, 1.82) is 0 Å². The fourth-order valence-electron chi connectivity index (χ4n) is 5.67. The summed E-state index contributed by atoms with van der Waals surface area (Å²) in [6, 6.07) is 1.51. The molecular formula is C16H29N3. The van der Waals surface area contributed by atoms with Crippen molar-refractivity contribution in [3.63, 3.8) is 0 Å². The molecule has 19 heavy (non-hydrogen) atoms. The van der Waals surface area contributed by atoms with Crippen molar-refractivity contribution in [2.24, 2.45) is 23.7 Å². The van der Waals surface area contributed by atoms with Gasteiger partial charge in [-0.15, -0.1) is 0 Å². The van der Waals surface area contributed by atoms with Crippen LogP contribution >= 0.6 is 0 Å². The third-order valence-electron chi connectivity index (χ3n) is 6.29. The fourth-order valence-corrected chi connectivity index (χ4v) is 5.67. The summed E-state index contributed by atoms with van der Waals surface area (Å²) in [6.07, 6.45) is 7.69. The zero-order valence-corrected chi connectivity index (χ0v) is 12.3. The van der Waals surface area contributed by atoms with Crippen LogP contribution in [0.4, 0.5) is 0 Å². The highest BCUT2D eigenvalue weighted by Gasteiger charge is 2.47. The predicted octanol–water partition coefficient (Wildman–Crippen LogP) is 1.30. The van der Waals surface area contributed by atoms with Gasteiger partial charge in [0.25, 0.3) is 0 Å². The number of nitrogens with one attached hydrogen (secondary N) is 2. The predicted molar refractivity (Wildman–Crippen MR) is 78.1 cm³/mol. The maximum Gasteiger partial charge on any atom is 0.0320 e. The topological polar surface area (TPSA) is 27.3 Å². The highest BCUT2D eigenvalue weighted by atomic mass is 15.2. The lowest BCUT2D eigenvalue weighted by molar-refractivity contribution is -0.0147. The summed E-state index contributed by atoms with van der Waals surface area (Å²) in [7, 11) is 2.25. The van der Waals surface area contributed by atoms with Crippen LogP contribution in [0, 0.1) is 23.7 Å². The van der Waals surface area contributed by atoms with Crippen LogP contribution in [0.1, 0.15) is 32.1 Å². The first-order valence-corrected chi connectivity index (χ1v) is 8.43. The van der Waals surface area contributed by atoms with Crippen LogP contribution in [0.3, 0.4) is 0 Å². The zero-order chi connectivity index (χ0) is 12.8. The number of piperazine rings is 1. The second-order valence-corrected chi connectivity index (χ2v) is 7.78. The Hall–Kier alpha value is -0.120. The van der Waals surface area contributed by atoms with E-state index < -0.39 is 0 Å². The lowest BCUT2D eigenvalue weighted by Gasteiger charge is -2.55. The van der Waals surface area contributed by atoms with Gasteiger partial charge < -0.3 is 15.5 Å². The smallest absolute Gasteiger partial charge is 0.0320 e. The van der Waals surface area contributed by atoms with Crippen LogP contribution < -0.4 is 10.6 Å². The number of nitrogens with zero attached hydrogens (tertiary/aromatic N) is 1. The molecule has 1 aliphatic heterocycles. The van der Waals surface area contributed by atoms with Crippen LogP contribution in [-0.4, -0.2) is 50.2 Å². The van der Waals surface area contributed by atoms with Crippen molar-refractivity contribution >= 4 is 0 Å². The third-order valence-corrected chi connectivity index (χ3v) is 6.29. The van der Waals surface area contributed by atoms with Crippen molar-refractivity contribution in [1.82, 2.24) is 15.5 Å².